The molecule has 29 heavy (non-hydrogen) atoms. The summed E-state index contributed by atoms with van der Waals surface area (Å²) in [7, 11) is 0. The lowest BCUT2D eigenvalue weighted by Gasteiger charge is -2.26. The van der Waals surface area contributed by atoms with Gasteiger partial charge in [0.25, 0.3) is 5.91 Å². The van der Waals surface area contributed by atoms with E-state index in [4.69, 9.17) is 4.74 Å². The molecule has 0 bridgehead atoms. The molecule has 0 saturated carbocycles. The van der Waals surface area contributed by atoms with Crippen molar-refractivity contribution in [3.8, 4) is 0 Å². The van der Waals surface area contributed by atoms with E-state index in [2.05, 4.69) is 52.9 Å². The van der Waals surface area contributed by atoms with Gasteiger partial charge in [-0.05, 0) is 58.7 Å². The second-order valence-corrected chi connectivity index (χ2v) is 9.47. The van der Waals surface area contributed by atoms with E-state index in [9.17, 15) is 9.59 Å². The van der Waals surface area contributed by atoms with Crippen molar-refractivity contribution in [3.63, 3.8) is 0 Å². The topological polar surface area (TPSA) is 55.4 Å². The van der Waals surface area contributed by atoms with Crippen molar-refractivity contribution < 1.29 is 14.3 Å². The summed E-state index contributed by atoms with van der Waals surface area (Å²) in [6.45, 7) is 15.2. The lowest BCUT2D eigenvalue weighted by Crippen LogP contribution is -2.20. The summed E-state index contributed by atoms with van der Waals surface area (Å²) in [6.07, 6.45) is 0.766. The Hall–Kier alpha value is -2.62. The Morgan fingerprint density at radius 1 is 0.862 bits per heavy atom. The normalized spacial score (nSPS) is 11.8. The summed E-state index contributed by atoms with van der Waals surface area (Å²) >= 11 is 0. The molecule has 156 valence electrons. The zero-order valence-corrected chi connectivity index (χ0v) is 18.7. The average Bonchev–Trinajstić information content (AvgIpc) is 2.64. The van der Waals surface area contributed by atoms with E-state index >= 15 is 0 Å². The standard InChI is InChI=1S/C25H33NO3/c1-8-12-29-23(28)17-10-9-11-21(15-17)26-22(27)18-13-19(24(2,3)4)16-20(14-18)25(5,6)7/h9-11,13-16H,8,12H2,1-7H3,(H,26,27). The minimum Gasteiger partial charge on any atom is -0.462 e. The van der Waals surface area contributed by atoms with Crippen molar-refractivity contribution in [1.82, 2.24) is 0 Å². The van der Waals surface area contributed by atoms with E-state index in [0.717, 1.165) is 17.5 Å². The van der Waals surface area contributed by atoms with Gasteiger partial charge in [0, 0.05) is 11.3 Å². The van der Waals surface area contributed by atoms with Gasteiger partial charge in [0.1, 0.15) is 0 Å². The quantitative estimate of drug-likeness (QED) is 0.622. The summed E-state index contributed by atoms with van der Waals surface area (Å²) in [6, 6.07) is 12.9. The van der Waals surface area contributed by atoms with Crippen LogP contribution in [0, 0.1) is 0 Å². The highest BCUT2D eigenvalue weighted by molar-refractivity contribution is 6.05. The molecule has 0 spiro atoms. The van der Waals surface area contributed by atoms with Crippen LogP contribution < -0.4 is 5.32 Å². The maximum Gasteiger partial charge on any atom is 0.338 e. The van der Waals surface area contributed by atoms with Gasteiger partial charge < -0.3 is 10.1 Å². The molecule has 4 nitrogen and oxygen atoms in total. The van der Waals surface area contributed by atoms with Gasteiger partial charge in [0.15, 0.2) is 0 Å². The van der Waals surface area contributed by atoms with Gasteiger partial charge in [-0.1, -0.05) is 60.6 Å². The Bertz CT molecular complexity index is 853. The molecule has 2 aromatic carbocycles. The Labute approximate surface area is 174 Å². The highest BCUT2D eigenvalue weighted by Gasteiger charge is 2.22. The highest BCUT2D eigenvalue weighted by atomic mass is 16.5. The van der Waals surface area contributed by atoms with Crippen LogP contribution >= 0.6 is 0 Å². The molecular weight excluding hydrogens is 362 g/mol. The molecule has 0 aromatic heterocycles. The fourth-order valence-corrected chi connectivity index (χ4v) is 2.83. The first-order valence-electron chi connectivity index (χ1n) is 10.2. The number of hydrogen-bond donors (Lipinski definition) is 1. The molecule has 1 N–H and O–H groups in total. The molecule has 0 fully saturated rings. The third kappa shape index (κ3) is 6.18. The SMILES string of the molecule is CCCOC(=O)c1cccc(NC(=O)c2cc(C(C)(C)C)cc(C(C)(C)C)c2)c1. The molecule has 0 aliphatic carbocycles. The van der Waals surface area contributed by atoms with Crippen molar-refractivity contribution in [2.45, 2.75) is 65.7 Å². The number of carbonyl (C=O) groups is 2. The molecule has 0 atom stereocenters. The van der Waals surface area contributed by atoms with Crippen LogP contribution in [0.25, 0.3) is 0 Å². The molecule has 0 radical (unpaired) electrons. The second-order valence-electron chi connectivity index (χ2n) is 9.47. The van der Waals surface area contributed by atoms with E-state index in [1.165, 1.54) is 0 Å². The summed E-state index contributed by atoms with van der Waals surface area (Å²) < 4.78 is 5.18. The van der Waals surface area contributed by atoms with Gasteiger partial charge in [-0.2, -0.15) is 0 Å². The Morgan fingerprint density at radius 2 is 1.45 bits per heavy atom. The second kappa shape index (κ2) is 8.81. The first kappa shape index (κ1) is 22.7. The summed E-state index contributed by atoms with van der Waals surface area (Å²) in [5.74, 6) is -0.576. The van der Waals surface area contributed by atoms with Crippen LogP contribution in [0.3, 0.4) is 0 Å². The fourth-order valence-electron chi connectivity index (χ4n) is 2.83. The number of hydrogen-bond acceptors (Lipinski definition) is 3. The molecule has 0 aliphatic heterocycles. The number of rotatable bonds is 5. The predicted molar refractivity (Wildman–Crippen MR) is 119 cm³/mol. The Kier molecular flexibility index (Phi) is 6.89. The van der Waals surface area contributed by atoms with Gasteiger partial charge in [0.2, 0.25) is 0 Å². The van der Waals surface area contributed by atoms with E-state index in [0.29, 0.717) is 23.4 Å². The number of esters is 1. The summed E-state index contributed by atoms with van der Waals surface area (Å²) in [4.78, 5) is 25.1. The molecule has 4 heteroatoms. The van der Waals surface area contributed by atoms with Crippen LogP contribution in [0.2, 0.25) is 0 Å². The van der Waals surface area contributed by atoms with Crippen molar-refractivity contribution in [1.29, 1.82) is 0 Å². The minimum absolute atomic E-state index is 0.0702. The third-order valence-corrected chi connectivity index (χ3v) is 4.72. The van der Waals surface area contributed by atoms with Crippen LogP contribution in [0.5, 0.6) is 0 Å². The Morgan fingerprint density at radius 3 is 1.97 bits per heavy atom. The highest BCUT2D eigenvalue weighted by Crippen LogP contribution is 2.30. The van der Waals surface area contributed by atoms with Crippen LogP contribution in [0.15, 0.2) is 42.5 Å². The van der Waals surface area contributed by atoms with Crippen LogP contribution in [0.1, 0.15) is 86.7 Å². The van der Waals surface area contributed by atoms with Crippen molar-refractivity contribution in [2.75, 3.05) is 11.9 Å². The van der Waals surface area contributed by atoms with Crippen molar-refractivity contribution >= 4 is 17.6 Å². The largest absolute Gasteiger partial charge is 0.462 e. The molecule has 2 aromatic rings. The monoisotopic (exact) mass is 395 g/mol. The first-order chi connectivity index (χ1) is 13.4. The smallest absolute Gasteiger partial charge is 0.338 e. The van der Waals surface area contributed by atoms with Gasteiger partial charge in [-0.3, -0.25) is 4.79 Å². The number of nitrogens with one attached hydrogen (secondary N) is 1. The van der Waals surface area contributed by atoms with Crippen LogP contribution in [-0.2, 0) is 15.6 Å². The average molecular weight is 396 g/mol. The summed E-state index contributed by atoms with van der Waals surface area (Å²) in [5.41, 5.74) is 3.70. The van der Waals surface area contributed by atoms with E-state index < -0.39 is 0 Å². The maximum atomic E-state index is 13.0. The molecule has 0 unspecified atom stereocenters. The number of ether oxygens (including phenoxy) is 1. The maximum absolute atomic E-state index is 13.0. The molecule has 0 aliphatic rings. The van der Waals surface area contributed by atoms with Gasteiger partial charge in [-0.15, -0.1) is 0 Å². The fraction of sp³-hybridized carbons (Fsp3) is 0.440. The first-order valence-corrected chi connectivity index (χ1v) is 10.2. The molecule has 1 amide bonds. The minimum atomic E-state index is -0.382. The van der Waals surface area contributed by atoms with Gasteiger partial charge in [0.05, 0.1) is 12.2 Å². The van der Waals surface area contributed by atoms with Gasteiger partial charge >= 0.3 is 5.97 Å². The Balaban J connectivity index is 2.32. The lowest BCUT2D eigenvalue weighted by atomic mass is 9.79. The van der Waals surface area contributed by atoms with Gasteiger partial charge in [-0.25, -0.2) is 4.79 Å². The number of benzene rings is 2. The molecule has 0 saturated heterocycles. The zero-order chi connectivity index (χ0) is 21.8. The molecular formula is C25H33NO3. The number of anilines is 1. The third-order valence-electron chi connectivity index (χ3n) is 4.72. The van der Waals surface area contributed by atoms with E-state index in [1.807, 2.05) is 19.1 Å². The molecule has 0 heterocycles. The van der Waals surface area contributed by atoms with Crippen LogP contribution in [0.4, 0.5) is 5.69 Å². The van der Waals surface area contributed by atoms with E-state index in [-0.39, 0.29) is 22.7 Å². The predicted octanol–water partition coefficient (Wildman–Crippen LogP) is 6.10. The number of carbonyl (C=O) groups excluding carboxylic acids is 2. The zero-order valence-electron chi connectivity index (χ0n) is 18.7. The van der Waals surface area contributed by atoms with E-state index in [1.54, 1.807) is 24.3 Å². The van der Waals surface area contributed by atoms with Crippen molar-refractivity contribution in [2.24, 2.45) is 0 Å². The van der Waals surface area contributed by atoms with Crippen molar-refractivity contribution in [3.05, 3.63) is 64.7 Å². The van der Waals surface area contributed by atoms with Crippen LogP contribution in [-0.4, -0.2) is 18.5 Å². The lowest BCUT2D eigenvalue weighted by molar-refractivity contribution is 0.0505. The number of amides is 1. The molecule has 2 rings (SSSR count). The summed E-state index contributed by atoms with van der Waals surface area (Å²) in [5, 5.41) is 2.92.